The fourth-order valence-electron chi connectivity index (χ4n) is 2.02. The van der Waals surface area contributed by atoms with Crippen LogP contribution in [0.5, 0.6) is 0 Å². The van der Waals surface area contributed by atoms with Crippen molar-refractivity contribution in [2.45, 2.75) is 13.0 Å². The van der Waals surface area contributed by atoms with Gasteiger partial charge in [-0.25, -0.2) is 8.78 Å². The molecule has 2 aromatic carbocycles. The van der Waals surface area contributed by atoms with Crippen LogP contribution < -0.4 is 0 Å². The fraction of sp³-hybridized carbons (Fsp3) is 0.188. The van der Waals surface area contributed by atoms with Crippen LogP contribution in [0.25, 0.3) is 0 Å². The number of hydrogen-bond acceptors (Lipinski definition) is 1. The molecule has 1 atom stereocenters. The van der Waals surface area contributed by atoms with Gasteiger partial charge in [-0.15, -0.1) is 0 Å². The summed E-state index contributed by atoms with van der Waals surface area (Å²) in [6.45, 7) is 1.71. The Balaban J connectivity index is 2.28. The molecule has 0 aliphatic heterocycles. The first kappa shape index (κ1) is 14.2. The van der Waals surface area contributed by atoms with Crippen LogP contribution in [0.15, 0.2) is 48.5 Å². The average Bonchev–Trinajstić information content (AvgIpc) is 2.46. The van der Waals surface area contributed by atoms with Gasteiger partial charge in [-0.1, -0.05) is 30.3 Å². The topological polar surface area (TPSA) is 20.3 Å². The van der Waals surface area contributed by atoms with E-state index in [1.54, 1.807) is 31.2 Å². The minimum atomic E-state index is -0.579. The summed E-state index contributed by atoms with van der Waals surface area (Å²) in [5, 5.41) is 0. The van der Waals surface area contributed by atoms with E-state index in [1.807, 2.05) is 0 Å². The van der Waals surface area contributed by atoms with Crippen molar-refractivity contribution >= 4 is 5.91 Å². The lowest BCUT2D eigenvalue weighted by molar-refractivity contribution is 0.0735. The summed E-state index contributed by atoms with van der Waals surface area (Å²) in [4.78, 5) is 13.6. The predicted octanol–water partition coefficient (Wildman–Crippen LogP) is 3.80. The van der Waals surface area contributed by atoms with Crippen molar-refractivity contribution in [2.75, 3.05) is 7.05 Å². The van der Waals surface area contributed by atoms with E-state index in [0.29, 0.717) is 5.56 Å². The van der Waals surface area contributed by atoms with Gasteiger partial charge in [0.15, 0.2) is 0 Å². The zero-order valence-corrected chi connectivity index (χ0v) is 11.3. The van der Waals surface area contributed by atoms with Crippen LogP contribution in [0.3, 0.4) is 0 Å². The van der Waals surface area contributed by atoms with Crippen LogP contribution in [0.1, 0.15) is 28.9 Å². The number of nitrogens with zero attached hydrogens (tertiary/aromatic N) is 1. The number of carbonyl (C=O) groups excluding carboxylic acids is 1. The third kappa shape index (κ3) is 2.69. The van der Waals surface area contributed by atoms with E-state index in [2.05, 4.69) is 0 Å². The highest BCUT2D eigenvalue weighted by atomic mass is 19.1. The van der Waals surface area contributed by atoms with Gasteiger partial charge >= 0.3 is 0 Å². The van der Waals surface area contributed by atoms with Gasteiger partial charge in [-0.3, -0.25) is 4.79 Å². The highest BCUT2D eigenvalue weighted by Gasteiger charge is 2.22. The minimum Gasteiger partial charge on any atom is -0.335 e. The lowest BCUT2D eigenvalue weighted by Crippen LogP contribution is -2.30. The normalized spacial score (nSPS) is 12.0. The van der Waals surface area contributed by atoms with E-state index >= 15 is 0 Å². The zero-order chi connectivity index (χ0) is 14.7. The van der Waals surface area contributed by atoms with E-state index in [4.69, 9.17) is 0 Å². The Labute approximate surface area is 116 Å². The second-order valence-corrected chi connectivity index (χ2v) is 4.59. The maximum Gasteiger partial charge on any atom is 0.257 e. The molecule has 0 saturated carbocycles. The Morgan fingerprint density at radius 2 is 1.55 bits per heavy atom. The van der Waals surface area contributed by atoms with Crippen molar-refractivity contribution in [3.63, 3.8) is 0 Å². The molecule has 2 nitrogen and oxygen atoms in total. The van der Waals surface area contributed by atoms with Crippen LogP contribution >= 0.6 is 0 Å². The van der Waals surface area contributed by atoms with Crippen molar-refractivity contribution in [1.29, 1.82) is 0 Å². The minimum absolute atomic E-state index is 0.0156. The predicted molar refractivity (Wildman–Crippen MR) is 73.3 cm³/mol. The molecule has 0 aliphatic rings. The van der Waals surface area contributed by atoms with Crippen LogP contribution in [0, 0.1) is 11.6 Å². The first-order valence-electron chi connectivity index (χ1n) is 6.28. The molecule has 1 unspecified atom stereocenters. The first-order valence-corrected chi connectivity index (χ1v) is 6.28. The highest BCUT2D eigenvalue weighted by Crippen LogP contribution is 2.23. The highest BCUT2D eigenvalue weighted by molar-refractivity contribution is 5.94. The van der Waals surface area contributed by atoms with E-state index < -0.39 is 17.8 Å². The van der Waals surface area contributed by atoms with Gasteiger partial charge in [0.05, 0.1) is 11.6 Å². The van der Waals surface area contributed by atoms with Gasteiger partial charge in [-0.05, 0) is 25.1 Å². The van der Waals surface area contributed by atoms with Crippen molar-refractivity contribution in [3.8, 4) is 0 Å². The summed E-state index contributed by atoms with van der Waals surface area (Å²) >= 11 is 0. The molecule has 104 valence electrons. The molecule has 1 amide bonds. The Hall–Kier alpha value is -2.23. The monoisotopic (exact) mass is 275 g/mol. The van der Waals surface area contributed by atoms with Crippen LogP contribution in [-0.4, -0.2) is 17.9 Å². The number of carbonyl (C=O) groups is 1. The molecule has 0 radical (unpaired) electrons. The Morgan fingerprint density at radius 3 is 2.15 bits per heavy atom. The van der Waals surface area contributed by atoms with Crippen molar-refractivity contribution in [3.05, 3.63) is 71.3 Å². The molecule has 0 fully saturated rings. The molecule has 0 bridgehead atoms. The van der Waals surface area contributed by atoms with Gasteiger partial charge in [0.2, 0.25) is 0 Å². The van der Waals surface area contributed by atoms with E-state index in [9.17, 15) is 13.6 Å². The molecule has 0 N–H and O–H groups in total. The Bertz CT molecular complexity index is 627. The SMILES string of the molecule is CC(c1ccccc1F)N(C)C(=O)c1ccccc1F. The standard InChI is InChI=1S/C16H15F2NO/c1-11(12-7-3-5-9-14(12)17)19(2)16(20)13-8-4-6-10-15(13)18/h3-11H,1-2H3. The summed E-state index contributed by atoms with van der Waals surface area (Å²) in [6, 6.07) is 11.5. The van der Waals surface area contributed by atoms with Crippen LogP contribution in [-0.2, 0) is 0 Å². The molecule has 0 saturated heterocycles. The second kappa shape index (κ2) is 5.82. The van der Waals surface area contributed by atoms with E-state index in [0.717, 1.165) is 0 Å². The molecule has 2 rings (SSSR count). The molecule has 0 heterocycles. The number of amides is 1. The molecular formula is C16H15F2NO. The summed E-state index contributed by atoms with van der Waals surface area (Å²) < 4.78 is 27.4. The van der Waals surface area contributed by atoms with Gasteiger partial charge in [0.1, 0.15) is 11.6 Å². The Kier molecular flexibility index (Phi) is 4.13. The molecule has 0 spiro atoms. The Morgan fingerprint density at radius 1 is 1.00 bits per heavy atom. The van der Waals surface area contributed by atoms with Crippen LogP contribution in [0.2, 0.25) is 0 Å². The molecular weight excluding hydrogens is 260 g/mol. The first-order chi connectivity index (χ1) is 9.52. The van der Waals surface area contributed by atoms with Crippen molar-refractivity contribution in [1.82, 2.24) is 4.90 Å². The van der Waals surface area contributed by atoms with E-state index in [1.165, 1.54) is 36.2 Å². The zero-order valence-electron chi connectivity index (χ0n) is 11.3. The summed E-state index contributed by atoms with van der Waals surface area (Å²) in [5.74, 6) is -1.43. The number of halogens is 2. The third-order valence-electron chi connectivity index (χ3n) is 3.36. The largest absolute Gasteiger partial charge is 0.335 e. The second-order valence-electron chi connectivity index (χ2n) is 4.59. The smallest absolute Gasteiger partial charge is 0.257 e. The van der Waals surface area contributed by atoms with Crippen LogP contribution in [0.4, 0.5) is 8.78 Å². The fourth-order valence-corrected chi connectivity index (χ4v) is 2.02. The van der Waals surface area contributed by atoms with E-state index in [-0.39, 0.29) is 11.4 Å². The third-order valence-corrected chi connectivity index (χ3v) is 3.36. The van der Waals surface area contributed by atoms with Crippen molar-refractivity contribution < 1.29 is 13.6 Å². The summed E-state index contributed by atoms with van der Waals surface area (Å²) in [7, 11) is 1.53. The number of hydrogen-bond donors (Lipinski definition) is 0. The molecule has 20 heavy (non-hydrogen) atoms. The summed E-state index contributed by atoms with van der Waals surface area (Å²) in [5.41, 5.74) is 0.387. The molecule has 4 heteroatoms. The van der Waals surface area contributed by atoms with Gasteiger partial charge in [0.25, 0.3) is 5.91 Å². The molecule has 0 aromatic heterocycles. The lowest BCUT2D eigenvalue weighted by Gasteiger charge is -2.25. The molecule has 0 aliphatic carbocycles. The average molecular weight is 275 g/mol. The van der Waals surface area contributed by atoms with Gasteiger partial charge in [-0.2, -0.15) is 0 Å². The lowest BCUT2D eigenvalue weighted by atomic mass is 10.1. The maximum atomic E-state index is 13.7. The van der Waals surface area contributed by atoms with Gasteiger partial charge < -0.3 is 4.90 Å². The number of rotatable bonds is 3. The van der Waals surface area contributed by atoms with Crippen molar-refractivity contribution in [2.24, 2.45) is 0 Å². The summed E-state index contributed by atoms with van der Waals surface area (Å²) in [6.07, 6.45) is 0. The quantitative estimate of drug-likeness (QED) is 0.834. The number of benzene rings is 2. The maximum absolute atomic E-state index is 13.7. The van der Waals surface area contributed by atoms with Gasteiger partial charge in [0, 0.05) is 12.6 Å². The molecule has 2 aromatic rings.